The molecule has 4 aromatic rings. The third-order valence-corrected chi connectivity index (χ3v) is 4.65. The Hall–Kier alpha value is -3.77. The molecule has 5 N–H and O–H groups in total. The summed E-state index contributed by atoms with van der Waals surface area (Å²) in [7, 11) is 0. The van der Waals surface area contributed by atoms with Gasteiger partial charge in [-0.15, -0.1) is 0 Å². The molecule has 2 heterocycles. The van der Waals surface area contributed by atoms with Crippen LogP contribution in [-0.4, -0.2) is 21.1 Å². The van der Waals surface area contributed by atoms with Gasteiger partial charge in [0.2, 0.25) is 0 Å². The quantitative estimate of drug-likeness (QED) is 0.284. The average Bonchev–Trinajstić information content (AvgIpc) is 3.36. The molecule has 4 rings (SSSR count). The number of allylic oxidation sites excluding steroid dienone is 4. The van der Waals surface area contributed by atoms with Crippen molar-refractivity contribution in [1.82, 2.24) is 15.2 Å². The molecule has 0 saturated heterocycles. The highest BCUT2D eigenvalue weighted by Crippen LogP contribution is 2.33. The summed E-state index contributed by atoms with van der Waals surface area (Å²) in [4.78, 5) is 15.8. The van der Waals surface area contributed by atoms with Gasteiger partial charge in [0.05, 0.1) is 23.1 Å². The number of aromatic nitrogens is 3. The van der Waals surface area contributed by atoms with Crippen LogP contribution in [0.2, 0.25) is 0 Å². The summed E-state index contributed by atoms with van der Waals surface area (Å²) in [6.07, 6.45) is 8.16. The van der Waals surface area contributed by atoms with Gasteiger partial charge in [0.25, 0.3) is 5.91 Å². The zero-order valence-electron chi connectivity index (χ0n) is 15.4. The highest BCUT2D eigenvalue weighted by Gasteiger charge is 2.13. The molecule has 1 amide bonds. The third-order valence-electron chi connectivity index (χ3n) is 4.53. The summed E-state index contributed by atoms with van der Waals surface area (Å²) in [5.41, 5.74) is 10.4. The lowest BCUT2D eigenvalue weighted by Gasteiger charge is -2.10. The van der Waals surface area contributed by atoms with Crippen LogP contribution < -0.4 is 11.1 Å². The van der Waals surface area contributed by atoms with Gasteiger partial charge in [0, 0.05) is 27.5 Å². The zero-order valence-corrected chi connectivity index (χ0v) is 16.1. The topological polar surface area (TPSA) is 99.6 Å². The van der Waals surface area contributed by atoms with Gasteiger partial charge < -0.3 is 16.0 Å². The number of fused-ring (bicyclic) bond motifs is 2. The number of nitrogens with zero attached hydrogens (tertiary/aromatic N) is 1. The minimum atomic E-state index is -0.422. The third kappa shape index (κ3) is 3.79. The molecule has 0 spiro atoms. The van der Waals surface area contributed by atoms with Gasteiger partial charge in [-0.25, -0.2) is 0 Å². The monoisotopic (exact) mass is 403 g/mol. The van der Waals surface area contributed by atoms with Gasteiger partial charge in [-0.3, -0.25) is 9.89 Å². The molecule has 0 unspecified atom stereocenters. The van der Waals surface area contributed by atoms with E-state index in [4.69, 9.17) is 17.3 Å². The Morgan fingerprint density at radius 1 is 1.21 bits per heavy atom. The molecule has 144 valence electrons. The molecule has 0 fully saturated rings. The first kappa shape index (κ1) is 18.6. The smallest absolute Gasteiger partial charge is 0.271 e. The number of nitrogens with one attached hydrogen (secondary N) is 3. The van der Waals surface area contributed by atoms with Crippen LogP contribution >= 0.6 is 11.6 Å². The Kier molecular flexibility index (Phi) is 4.93. The number of H-pyrrole nitrogens is 2. The van der Waals surface area contributed by atoms with Crippen LogP contribution in [0.1, 0.15) is 0 Å². The van der Waals surface area contributed by atoms with E-state index in [9.17, 15) is 4.79 Å². The van der Waals surface area contributed by atoms with Gasteiger partial charge in [0.15, 0.2) is 0 Å². The minimum absolute atomic E-state index is 0.0500. The standard InChI is InChI=1S/C22H18ClN5O/c1-13(23)4-2-6-18(24)22(29)27-20-10-14(11-21-17(20)12-26-28-21)15-5-3-7-19-16(15)8-9-25-19/h2-12,25H,1,24H2,(H,26,28)(H,27,29)/b4-2-,18-6-. The van der Waals surface area contributed by atoms with Crippen LogP contribution in [0.4, 0.5) is 5.69 Å². The number of rotatable bonds is 5. The van der Waals surface area contributed by atoms with Crippen molar-refractivity contribution in [2.45, 2.75) is 0 Å². The lowest BCUT2D eigenvalue weighted by atomic mass is 9.99. The van der Waals surface area contributed by atoms with Crippen molar-refractivity contribution in [1.29, 1.82) is 0 Å². The summed E-state index contributed by atoms with van der Waals surface area (Å²) in [6.45, 7) is 3.54. The van der Waals surface area contributed by atoms with Crippen LogP contribution in [-0.2, 0) is 4.79 Å². The summed E-state index contributed by atoms with van der Waals surface area (Å²) in [5, 5.41) is 12.2. The summed E-state index contributed by atoms with van der Waals surface area (Å²) < 4.78 is 0. The molecule has 2 aromatic heterocycles. The van der Waals surface area contributed by atoms with Gasteiger partial charge in [-0.1, -0.05) is 36.4 Å². The number of amides is 1. The van der Waals surface area contributed by atoms with E-state index in [-0.39, 0.29) is 5.70 Å². The molecule has 0 aliphatic carbocycles. The van der Waals surface area contributed by atoms with Gasteiger partial charge in [-0.05, 0) is 47.5 Å². The van der Waals surface area contributed by atoms with Crippen LogP contribution in [0.25, 0.3) is 32.9 Å². The molecular formula is C22H18ClN5O. The Morgan fingerprint density at radius 3 is 2.90 bits per heavy atom. The fourth-order valence-corrected chi connectivity index (χ4v) is 3.25. The normalized spacial score (nSPS) is 12.1. The van der Waals surface area contributed by atoms with E-state index >= 15 is 0 Å². The van der Waals surface area contributed by atoms with Crippen LogP contribution in [0.15, 0.2) is 84.3 Å². The second-order valence-corrected chi connectivity index (χ2v) is 6.97. The van der Waals surface area contributed by atoms with E-state index in [1.54, 1.807) is 18.3 Å². The number of nitrogens with two attached hydrogens (primary N) is 1. The Labute approximate surface area is 171 Å². The summed E-state index contributed by atoms with van der Waals surface area (Å²) in [6, 6.07) is 12.0. The number of aromatic amines is 2. The van der Waals surface area contributed by atoms with E-state index in [0.29, 0.717) is 10.7 Å². The molecule has 0 aliphatic heterocycles. The Bertz CT molecular complexity index is 1300. The maximum atomic E-state index is 12.5. The van der Waals surface area contributed by atoms with Crippen molar-refractivity contribution in [3.63, 3.8) is 0 Å². The van der Waals surface area contributed by atoms with Crippen molar-refractivity contribution in [3.05, 3.63) is 84.3 Å². The van der Waals surface area contributed by atoms with Crippen LogP contribution in [0.5, 0.6) is 0 Å². The van der Waals surface area contributed by atoms with Gasteiger partial charge in [0.1, 0.15) is 0 Å². The fourth-order valence-electron chi connectivity index (χ4n) is 3.17. The predicted molar refractivity (Wildman–Crippen MR) is 118 cm³/mol. The van der Waals surface area contributed by atoms with Crippen LogP contribution in [0.3, 0.4) is 0 Å². The minimum Gasteiger partial charge on any atom is -0.394 e. The first-order chi connectivity index (χ1) is 14.0. The highest BCUT2D eigenvalue weighted by molar-refractivity contribution is 6.30. The Morgan fingerprint density at radius 2 is 2.07 bits per heavy atom. The molecule has 2 aromatic carbocycles. The predicted octanol–water partition coefficient (Wildman–Crippen LogP) is 4.80. The fraction of sp³-hybridized carbons (Fsp3) is 0. The molecule has 0 aliphatic rings. The highest BCUT2D eigenvalue weighted by atomic mass is 35.5. The molecule has 7 heteroatoms. The van der Waals surface area contributed by atoms with Gasteiger partial charge in [-0.2, -0.15) is 5.10 Å². The van der Waals surface area contributed by atoms with E-state index in [1.165, 1.54) is 6.08 Å². The van der Waals surface area contributed by atoms with E-state index < -0.39 is 5.91 Å². The number of anilines is 1. The number of halogens is 1. The summed E-state index contributed by atoms with van der Waals surface area (Å²) in [5.74, 6) is -0.422. The van der Waals surface area contributed by atoms with Crippen molar-refractivity contribution in [2.24, 2.45) is 5.73 Å². The zero-order chi connectivity index (χ0) is 20.4. The first-order valence-corrected chi connectivity index (χ1v) is 9.24. The van der Waals surface area contributed by atoms with Crippen LogP contribution in [0, 0.1) is 0 Å². The van der Waals surface area contributed by atoms with Crippen molar-refractivity contribution < 1.29 is 4.79 Å². The van der Waals surface area contributed by atoms with E-state index in [0.717, 1.165) is 32.9 Å². The number of carbonyl (C=O) groups is 1. The molecule has 0 radical (unpaired) electrons. The van der Waals surface area contributed by atoms with Crippen molar-refractivity contribution >= 4 is 45.0 Å². The lowest BCUT2D eigenvalue weighted by molar-refractivity contribution is -0.112. The maximum Gasteiger partial charge on any atom is 0.271 e. The molecule has 0 saturated carbocycles. The number of benzene rings is 2. The average molecular weight is 404 g/mol. The van der Waals surface area contributed by atoms with Gasteiger partial charge >= 0.3 is 0 Å². The molecule has 0 atom stereocenters. The largest absolute Gasteiger partial charge is 0.394 e. The first-order valence-electron chi connectivity index (χ1n) is 8.86. The molecule has 0 bridgehead atoms. The van der Waals surface area contributed by atoms with Crippen molar-refractivity contribution in [3.8, 4) is 11.1 Å². The molecular weight excluding hydrogens is 386 g/mol. The second-order valence-electron chi connectivity index (χ2n) is 6.48. The van der Waals surface area contributed by atoms with Crippen molar-refractivity contribution in [2.75, 3.05) is 5.32 Å². The Balaban J connectivity index is 1.73. The van der Waals surface area contributed by atoms with E-state index in [2.05, 4.69) is 27.1 Å². The lowest BCUT2D eigenvalue weighted by Crippen LogP contribution is -2.20. The second kappa shape index (κ2) is 7.69. The van der Waals surface area contributed by atoms with E-state index in [1.807, 2.05) is 42.6 Å². The number of hydrogen-bond acceptors (Lipinski definition) is 3. The summed E-state index contributed by atoms with van der Waals surface area (Å²) >= 11 is 5.67. The molecule has 29 heavy (non-hydrogen) atoms. The maximum absolute atomic E-state index is 12.5. The SMILES string of the molecule is C=C(Cl)/C=C\C=C(/N)C(=O)Nc1cc(-c2cccc3[nH]ccc23)cc2[nH]ncc12. The number of carbonyl (C=O) groups excluding carboxylic acids is 1. The molecule has 6 nitrogen and oxygen atoms in total. The number of hydrogen-bond donors (Lipinski definition) is 4.